The number of amides is 1. The number of carbonyl (C=O) groups is 2. The topological polar surface area (TPSA) is 83.6 Å². The van der Waals surface area contributed by atoms with E-state index in [9.17, 15) is 9.59 Å². The van der Waals surface area contributed by atoms with Crippen molar-refractivity contribution in [3.63, 3.8) is 0 Å². The first kappa shape index (κ1) is 9.48. The molecule has 0 spiro atoms. The van der Waals surface area contributed by atoms with Crippen molar-refractivity contribution in [3.8, 4) is 0 Å². The minimum absolute atomic E-state index is 0.0176. The van der Waals surface area contributed by atoms with Crippen molar-refractivity contribution in [3.05, 3.63) is 12.3 Å². The fourth-order valence-electron chi connectivity index (χ4n) is 0.490. The Bertz CT molecular complexity index is 188. The predicted molar refractivity (Wildman–Crippen MR) is 38.6 cm³/mol. The quantitative estimate of drug-likeness (QED) is 0.514. The first-order chi connectivity index (χ1) is 5.02. The highest BCUT2D eigenvalue weighted by atomic mass is 16.4. The van der Waals surface area contributed by atoms with Gasteiger partial charge in [0.05, 0.1) is 6.54 Å². The summed E-state index contributed by atoms with van der Waals surface area (Å²) in [7, 11) is 1.56. The Hall–Kier alpha value is -1.52. The van der Waals surface area contributed by atoms with Gasteiger partial charge in [0.25, 0.3) is 0 Å². The molecule has 0 bridgehead atoms. The van der Waals surface area contributed by atoms with E-state index in [1.807, 2.05) is 0 Å². The third kappa shape index (κ3) is 6.36. The maximum absolute atomic E-state index is 10.3. The average molecular weight is 158 g/mol. The normalized spacial score (nSPS) is 9.91. The number of carbonyl (C=O) groups excluding carboxylic acids is 1. The standard InChI is InChI=1S/C6H10N2O3/c1-8(4-5(7)9)3-2-6(10)11/h2-3H,4H2,1H3,(H2,7,9)(H,10,11)/b3-2+. The molecule has 11 heavy (non-hydrogen) atoms. The van der Waals surface area contributed by atoms with Gasteiger partial charge in [0.2, 0.25) is 5.91 Å². The van der Waals surface area contributed by atoms with Gasteiger partial charge in [0.1, 0.15) is 0 Å². The summed E-state index contributed by atoms with van der Waals surface area (Å²) in [6.45, 7) is 0.0176. The van der Waals surface area contributed by atoms with Gasteiger partial charge in [-0.3, -0.25) is 4.79 Å². The van der Waals surface area contributed by atoms with Gasteiger partial charge in [-0.2, -0.15) is 0 Å². The number of rotatable bonds is 4. The summed E-state index contributed by atoms with van der Waals surface area (Å²) in [6.07, 6.45) is 2.20. The minimum Gasteiger partial charge on any atom is -0.478 e. The second-order valence-corrected chi connectivity index (χ2v) is 2.04. The Morgan fingerprint density at radius 3 is 2.55 bits per heavy atom. The summed E-state index contributed by atoms with van der Waals surface area (Å²) in [6, 6.07) is 0. The van der Waals surface area contributed by atoms with Crippen molar-refractivity contribution < 1.29 is 14.7 Å². The first-order valence-corrected chi connectivity index (χ1v) is 2.92. The zero-order valence-electron chi connectivity index (χ0n) is 6.15. The van der Waals surface area contributed by atoms with E-state index in [0.29, 0.717) is 0 Å². The van der Waals surface area contributed by atoms with Gasteiger partial charge in [-0.1, -0.05) is 0 Å². The number of carboxylic acids is 1. The molecule has 0 rings (SSSR count). The zero-order chi connectivity index (χ0) is 8.85. The molecule has 0 radical (unpaired) electrons. The van der Waals surface area contributed by atoms with Crippen LogP contribution in [-0.2, 0) is 9.59 Å². The Morgan fingerprint density at radius 2 is 2.18 bits per heavy atom. The van der Waals surface area contributed by atoms with Crippen LogP contribution < -0.4 is 5.73 Å². The smallest absolute Gasteiger partial charge is 0.329 e. The molecule has 0 aliphatic rings. The third-order valence-corrected chi connectivity index (χ3v) is 0.877. The monoisotopic (exact) mass is 158 g/mol. The van der Waals surface area contributed by atoms with Crippen LogP contribution in [0.4, 0.5) is 0 Å². The summed E-state index contributed by atoms with van der Waals surface area (Å²) in [5.41, 5.74) is 4.84. The molecule has 62 valence electrons. The SMILES string of the molecule is CN(/C=C/C(=O)O)CC(N)=O. The zero-order valence-corrected chi connectivity index (χ0v) is 6.15. The molecule has 0 saturated carbocycles. The summed E-state index contributed by atoms with van der Waals surface area (Å²) in [5.74, 6) is -1.55. The van der Waals surface area contributed by atoms with Gasteiger partial charge in [-0.15, -0.1) is 0 Å². The molecule has 0 saturated heterocycles. The molecule has 5 heteroatoms. The number of nitrogens with two attached hydrogens (primary N) is 1. The van der Waals surface area contributed by atoms with Crippen molar-refractivity contribution in [2.45, 2.75) is 0 Å². The van der Waals surface area contributed by atoms with Gasteiger partial charge < -0.3 is 15.7 Å². The molecule has 0 unspecified atom stereocenters. The van der Waals surface area contributed by atoms with Crippen LogP contribution in [0.15, 0.2) is 12.3 Å². The molecule has 5 nitrogen and oxygen atoms in total. The van der Waals surface area contributed by atoms with Crippen LogP contribution in [-0.4, -0.2) is 35.5 Å². The van der Waals surface area contributed by atoms with Crippen LogP contribution >= 0.6 is 0 Å². The molecule has 0 atom stereocenters. The Kier molecular flexibility index (Phi) is 3.72. The highest BCUT2D eigenvalue weighted by Crippen LogP contribution is 1.82. The number of likely N-dealkylation sites (N-methyl/N-ethyl adjacent to an activating group) is 1. The number of hydrogen-bond donors (Lipinski definition) is 2. The molecule has 0 aromatic heterocycles. The maximum atomic E-state index is 10.3. The first-order valence-electron chi connectivity index (χ1n) is 2.92. The lowest BCUT2D eigenvalue weighted by atomic mass is 10.5. The summed E-state index contributed by atoms with van der Waals surface area (Å²) in [4.78, 5) is 21.6. The van der Waals surface area contributed by atoms with Gasteiger partial charge in [0.15, 0.2) is 0 Å². The molecule has 3 N–H and O–H groups in total. The van der Waals surface area contributed by atoms with Crippen molar-refractivity contribution in [2.24, 2.45) is 5.73 Å². The lowest BCUT2D eigenvalue weighted by Gasteiger charge is -2.09. The van der Waals surface area contributed by atoms with Crippen LogP contribution in [0.1, 0.15) is 0 Å². The van der Waals surface area contributed by atoms with E-state index in [4.69, 9.17) is 10.8 Å². The fraction of sp³-hybridized carbons (Fsp3) is 0.333. The lowest BCUT2D eigenvalue weighted by molar-refractivity contribution is -0.131. The Balaban J connectivity index is 3.77. The minimum atomic E-state index is -1.05. The summed E-state index contributed by atoms with van der Waals surface area (Å²) in [5, 5.41) is 8.17. The molecule has 0 aromatic carbocycles. The summed E-state index contributed by atoms with van der Waals surface area (Å²) < 4.78 is 0. The predicted octanol–water partition coefficient (Wildman–Crippen LogP) is -0.998. The van der Waals surface area contributed by atoms with Gasteiger partial charge >= 0.3 is 5.97 Å². The third-order valence-electron chi connectivity index (χ3n) is 0.877. The van der Waals surface area contributed by atoms with E-state index in [-0.39, 0.29) is 6.54 Å². The number of nitrogens with zero attached hydrogens (tertiary/aromatic N) is 1. The summed E-state index contributed by atoms with van der Waals surface area (Å²) >= 11 is 0. The molecule has 0 aliphatic carbocycles. The van der Waals surface area contributed by atoms with Crippen molar-refractivity contribution in [1.29, 1.82) is 0 Å². The van der Waals surface area contributed by atoms with Gasteiger partial charge in [0, 0.05) is 19.3 Å². The number of hydrogen-bond acceptors (Lipinski definition) is 3. The number of primary amides is 1. The van der Waals surface area contributed by atoms with Gasteiger partial charge in [-0.25, -0.2) is 4.79 Å². The van der Waals surface area contributed by atoms with E-state index < -0.39 is 11.9 Å². The largest absolute Gasteiger partial charge is 0.478 e. The van der Waals surface area contributed by atoms with Crippen LogP contribution in [0.25, 0.3) is 0 Å². The average Bonchev–Trinajstić information content (AvgIpc) is 1.82. The Morgan fingerprint density at radius 1 is 1.64 bits per heavy atom. The lowest BCUT2D eigenvalue weighted by Crippen LogP contribution is -2.27. The van der Waals surface area contributed by atoms with Crippen LogP contribution in [0, 0.1) is 0 Å². The molecule has 0 aromatic rings. The molecule has 1 amide bonds. The van der Waals surface area contributed by atoms with Crippen molar-refractivity contribution in [1.82, 2.24) is 4.90 Å². The number of carboxylic acid groups (broad SMARTS) is 1. The fourth-order valence-corrected chi connectivity index (χ4v) is 0.490. The van der Waals surface area contributed by atoms with E-state index in [1.54, 1.807) is 7.05 Å². The van der Waals surface area contributed by atoms with E-state index in [1.165, 1.54) is 11.1 Å². The Labute approximate surface area is 64.1 Å². The van der Waals surface area contributed by atoms with Crippen LogP contribution in [0.5, 0.6) is 0 Å². The van der Waals surface area contributed by atoms with Crippen molar-refractivity contribution in [2.75, 3.05) is 13.6 Å². The highest BCUT2D eigenvalue weighted by Gasteiger charge is 1.96. The van der Waals surface area contributed by atoms with Crippen LogP contribution in [0.2, 0.25) is 0 Å². The van der Waals surface area contributed by atoms with Crippen molar-refractivity contribution >= 4 is 11.9 Å². The molecule has 0 aliphatic heterocycles. The van der Waals surface area contributed by atoms with E-state index in [0.717, 1.165) is 6.08 Å². The molecule has 0 fully saturated rings. The van der Waals surface area contributed by atoms with Crippen LogP contribution in [0.3, 0.4) is 0 Å². The van der Waals surface area contributed by atoms with Gasteiger partial charge in [-0.05, 0) is 0 Å². The number of aliphatic carboxylic acids is 1. The second kappa shape index (κ2) is 4.32. The molecular weight excluding hydrogens is 148 g/mol. The highest BCUT2D eigenvalue weighted by molar-refractivity contribution is 5.80. The molecular formula is C6H10N2O3. The van der Waals surface area contributed by atoms with E-state index in [2.05, 4.69) is 0 Å². The molecule has 0 heterocycles. The van der Waals surface area contributed by atoms with E-state index >= 15 is 0 Å². The second-order valence-electron chi connectivity index (χ2n) is 2.04. The maximum Gasteiger partial charge on any atom is 0.329 e.